The molecule has 1 fully saturated rings. The van der Waals surface area contributed by atoms with Crippen molar-refractivity contribution in [2.45, 2.75) is 51.8 Å². The monoisotopic (exact) mass is 431 g/mol. The number of aliphatic imine (C=N–C) groups is 1. The zero-order valence-corrected chi connectivity index (χ0v) is 16.4. The van der Waals surface area contributed by atoms with Crippen LogP contribution in [0.2, 0.25) is 0 Å². The molecule has 23 heavy (non-hydrogen) atoms. The largest absolute Gasteiger partial charge is 0.494 e. The van der Waals surface area contributed by atoms with Crippen LogP contribution in [-0.4, -0.2) is 36.7 Å². The summed E-state index contributed by atoms with van der Waals surface area (Å²) in [6, 6.07) is 4.71. The van der Waals surface area contributed by atoms with Crippen molar-refractivity contribution in [3.05, 3.63) is 23.3 Å². The lowest BCUT2D eigenvalue weighted by Gasteiger charge is -2.17. The van der Waals surface area contributed by atoms with Crippen LogP contribution in [0.15, 0.2) is 17.1 Å². The van der Waals surface area contributed by atoms with E-state index in [1.54, 1.807) is 0 Å². The second-order valence-electron chi connectivity index (χ2n) is 6.15. The van der Waals surface area contributed by atoms with Crippen molar-refractivity contribution < 1.29 is 9.47 Å². The maximum absolute atomic E-state index is 6.07. The summed E-state index contributed by atoms with van der Waals surface area (Å²) in [7, 11) is 2.01. The topological polar surface area (TPSA) is 60.1 Å². The average molecular weight is 431 g/mol. The van der Waals surface area contributed by atoms with Gasteiger partial charge in [0.25, 0.3) is 0 Å². The normalized spacial score (nSPS) is 19.6. The standard InChI is InChI=1S/C17H25N3O2.HI/c1-4-21-15-8-12-7-11(2)22-16(12)9-13(15)10-19-17(18)20(3)14-5-6-14;/h8-9,11,14H,4-7,10H2,1-3H3,(H2,18,19);1H. The average Bonchev–Trinajstić information content (AvgIpc) is 3.26. The number of benzene rings is 1. The predicted molar refractivity (Wildman–Crippen MR) is 103 cm³/mol. The van der Waals surface area contributed by atoms with Gasteiger partial charge in [0.15, 0.2) is 5.96 Å². The highest BCUT2D eigenvalue weighted by Gasteiger charge is 2.27. The Labute approximate surface area is 155 Å². The minimum atomic E-state index is 0. The Bertz CT molecular complexity index is 587. The third kappa shape index (κ3) is 4.22. The number of nitrogens with two attached hydrogens (primary N) is 1. The lowest BCUT2D eigenvalue weighted by molar-refractivity contribution is 0.254. The second-order valence-corrected chi connectivity index (χ2v) is 6.15. The number of halogens is 1. The molecular weight excluding hydrogens is 405 g/mol. The molecule has 1 aliphatic carbocycles. The molecule has 1 aliphatic heterocycles. The molecule has 0 saturated heterocycles. The highest BCUT2D eigenvalue weighted by molar-refractivity contribution is 14.0. The van der Waals surface area contributed by atoms with Crippen molar-refractivity contribution in [2.75, 3.05) is 13.7 Å². The number of guanidine groups is 1. The second kappa shape index (κ2) is 7.59. The van der Waals surface area contributed by atoms with Crippen LogP contribution in [0.25, 0.3) is 0 Å². The van der Waals surface area contributed by atoms with Crippen LogP contribution in [0.4, 0.5) is 0 Å². The molecule has 1 saturated carbocycles. The van der Waals surface area contributed by atoms with E-state index in [1.165, 1.54) is 18.4 Å². The molecule has 0 aromatic heterocycles. The number of fused-ring (bicyclic) bond motifs is 1. The summed E-state index contributed by atoms with van der Waals surface area (Å²) in [5, 5.41) is 0. The maximum atomic E-state index is 6.07. The maximum Gasteiger partial charge on any atom is 0.191 e. The highest BCUT2D eigenvalue weighted by atomic mass is 127. The SMILES string of the molecule is CCOc1cc2c(cc1CN=C(N)N(C)C1CC1)OC(C)C2.I. The Morgan fingerprint density at radius 1 is 1.43 bits per heavy atom. The Kier molecular flexibility index (Phi) is 6.00. The number of hydrogen-bond donors (Lipinski definition) is 1. The summed E-state index contributed by atoms with van der Waals surface area (Å²) in [6.07, 6.45) is 3.59. The fourth-order valence-corrected chi connectivity index (χ4v) is 2.82. The van der Waals surface area contributed by atoms with Gasteiger partial charge in [-0.2, -0.15) is 0 Å². The molecule has 1 atom stereocenters. The highest BCUT2D eigenvalue weighted by Crippen LogP contribution is 2.35. The first-order valence-electron chi connectivity index (χ1n) is 8.06. The first-order chi connectivity index (χ1) is 10.6. The third-order valence-electron chi connectivity index (χ3n) is 4.25. The Balaban J connectivity index is 0.00000192. The molecule has 2 N–H and O–H groups in total. The van der Waals surface area contributed by atoms with Gasteiger partial charge >= 0.3 is 0 Å². The van der Waals surface area contributed by atoms with E-state index in [-0.39, 0.29) is 30.1 Å². The van der Waals surface area contributed by atoms with Crippen LogP contribution in [0.5, 0.6) is 11.5 Å². The van der Waals surface area contributed by atoms with Crippen molar-refractivity contribution in [3.63, 3.8) is 0 Å². The van der Waals surface area contributed by atoms with Crippen LogP contribution in [0.1, 0.15) is 37.8 Å². The summed E-state index contributed by atoms with van der Waals surface area (Å²) < 4.78 is 11.6. The molecule has 6 heteroatoms. The number of rotatable bonds is 5. The zero-order valence-electron chi connectivity index (χ0n) is 14.0. The Morgan fingerprint density at radius 2 is 2.17 bits per heavy atom. The quantitative estimate of drug-likeness (QED) is 0.443. The number of hydrogen-bond acceptors (Lipinski definition) is 3. The molecule has 0 radical (unpaired) electrons. The summed E-state index contributed by atoms with van der Waals surface area (Å²) in [6.45, 7) is 5.24. The van der Waals surface area contributed by atoms with E-state index in [1.807, 2.05) is 14.0 Å². The van der Waals surface area contributed by atoms with Gasteiger partial charge in [-0.05, 0) is 38.8 Å². The van der Waals surface area contributed by atoms with E-state index in [9.17, 15) is 0 Å². The van der Waals surface area contributed by atoms with E-state index < -0.39 is 0 Å². The van der Waals surface area contributed by atoms with Crippen molar-refractivity contribution in [1.82, 2.24) is 4.90 Å². The Hall–Kier alpha value is -1.18. The van der Waals surface area contributed by atoms with Gasteiger partial charge in [-0.15, -0.1) is 24.0 Å². The molecule has 0 spiro atoms. The van der Waals surface area contributed by atoms with Gasteiger partial charge in [0.2, 0.25) is 0 Å². The molecule has 2 aliphatic rings. The molecule has 0 bridgehead atoms. The number of ether oxygens (including phenoxy) is 2. The fourth-order valence-electron chi connectivity index (χ4n) is 2.82. The van der Waals surface area contributed by atoms with Crippen molar-refractivity contribution in [2.24, 2.45) is 10.7 Å². The molecule has 1 aromatic rings. The lowest BCUT2D eigenvalue weighted by atomic mass is 10.1. The molecule has 1 heterocycles. The van der Waals surface area contributed by atoms with E-state index >= 15 is 0 Å². The van der Waals surface area contributed by atoms with E-state index in [0.29, 0.717) is 25.2 Å². The van der Waals surface area contributed by atoms with Crippen molar-refractivity contribution >= 4 is 29.9 Å². The molecule has 3 rings (SSSR count). The van der Waals surface area contributed by atoms with Crippen LogP contribution in [0.3, 0.4) is 0 Å². The van der Waals surface area contributed by atoms with Gasteiger partial charge in [-0.1, -0.05) is 0 Å². The van der Waals surface area contributed by atoms with Crippen LogP contribution in [0, 0.1) is 0 Å². The van der Waals surface area contributed by atoms with Crippen LogP contribution in [-0.2, 0) is 13.0 Å². The van der Waals surface area contributed by atoms with E-state index in [4.69, 9.17) is 15.2 Å². The van der Waals surface area contributed by atoms with Crippen molar-refractivity contribution in [3.8, 4) is 11.5 Å². The number of nitrogens with zero attached hydrogens (tertiary/aromatic N) is 2. The van der Waals surface area contributed by atoms with Gasteiger partial charge in [-0.25, -0.2) is 4.99 Å². The van der Waals surface area contributed by atoms with Gasteiger partial charge in [-0.3, -0.25) is 0 Å². The summed E-state index contributed by atoms with van der Waals surface area (Å²) in [5.74, 6) is 2.44. The summed E-state index contributed by atoms with van der Waals surface area (Å²) >= 11 is 0. The van der Waals surface area contributed by atoms with Gasteiger partial charge < -0.3 is 20.1 Å². The zero-order chi connectivity index (χ0) is 15.7. The third-order valence-corrected chi connectivity index (χ3v) is 4.25. The van der Waals surface area contributed by atoms with Gasteiger partial charge in [0.1, 0.15) is 17.6 Å². The minimum Gasteiger partial charge on any atom is -0.494 e. The first kappa shape index (κ1) is 18.2. The minimum absolute atomic E-state index is 0. The molecule has 1 aromatic carbocycles. The van der Waals surface area contributed by atoms with Gasteiger partial charge in [0, 0.05) is 30.6 Å². The molecular formula is C17H26IN3O2. The fraction of sp³-hybridized carbons (Fsp3) is 0.588. The van der Waals surface area contributed by atoms with Crippen molar-refractivity contribution in [1.29, 1.82) is 0 Å². The van der Waals surface area contributed by atoms with Crippen LogP contribution < -0.4 is 15.2 Å². The smallest absolute Gasteiger partial charge is 0.191 e. The summed E-state index contributed by atoms with van der Waals surface area (Å²) in [4.78, 5) is 6.59. The molecule has 1 unspecified atom stereocenters. The first-order valence-corrected chi connectivity index (χ1v) is 8.06. The van der Waals surface area contributed by atoms with E-state index in [0.717, 1.165) is 23.5 Å². The van der Waals surface area contributed by atoms with Crippen LogP contribution >= 0.6 is 24.0 Å². The lowest BCUT2D eigenvalue weighted by Crippen LogP contribution is -2.35. The Morgan fingerprint density at radius 3 is 2.83 bits per heavy atom. The molecule has 5 nitrogen and oxygen atoms in total. The van der Waals surface area contributed by atoms with E-state index in [2.05, 4.69) is 28.9 Å². The van der Waals surface area contributed by atoms with Gasteiger partial charge in [0.05, 0.1) is 13.2 Å². The molecule has 0 amide bonds. The molecule has 128 valence electrons. The predicted octanol–water partition coefficient (Wildman–Crippen LogP) is 2.94. The summed E-state index contributed by atoms with van der Waals surface area (Å²) in [5.41, 5.74) is 8.31.